The number of rotatable bonds is 5. The summed E-state index contributed by atoms with van der Waals surface area (Å²) in [5, 5.41) is 0. The predicted octanol–water partition coefficient (Wildman–Crippen LogP) is 2.91. The fourth-order valence-corrected chi connectivity index (χ4v) is 1.68. The molecule has 0 saturated heterocycles. The number of nitrogens with two attached hydrogens (primary N) is 1. The Kier molecular flexibility index (Phi) is 4.42. The quantitative estimate of drug-likeness (QED) is 0.908. The van der Waals surface area contributed by atoms with Gasteiger partial charge in [0.25, 0.3) is 0 Å². The van der Waals surface area contributed by atoms with Crippen LogP contribution in [0.25, 0.3) is 0 Å². The molecule has 1 heterocycles. The monoisotopic (exact) mass is 274 g/mol. The van der Waals surface area contributed by atoms with Crippen molar-refractivity contribution < 1.29 is 14.2 Å². The van der Waals surface area contributed by atoms with Crippen LogP contribution >= 0.6 is 0 Å². The van der Waals surface area contributed by atoms with Crippen molar-refractivity contribution in [1.82, 2.24) is 4.98 Å². The summed E-state index contributed by atoms with van der Waals surface area (Å²) in [5.41, 5.74) is 6.74. The summed E-state index contributed by atoms with van der Waals surface area (Å²) in [6.45, 7) is 1.91. The highest BCUT2D eigenvalue weighted by molar-refractivity contribution is 5.43. The minimum absolute atomic E-state index is 0.0477. The van der Waals surface area contributed by atoms with Crippen LogP contribution in [0.1, 0.15) is 18.5 Å². The van der Waals surface area contributed by atoms with Gasteiger partial charge < -0.3 is 19.9 Å². The van der Waals surface area contributed by atoms with E-state index in [1.54, 1.807) is 44.7 Å². The van der Waals surface area contributed by atoms with E-state index in [1.807, 2.05) is 13.0 Å². The molecule has 5 nitrogen and oxygen atoms in total. The standard InChI is InChI=1S/C15H18N2O3/c1-10(16)11-4-5-15(17-9-11)20-14-7-12(18-2)6-13(8-14)19-3/h4-10H,16H2,1-3H3. The molecule has 0 fully saturated rings. The Morgan fingerprint density at radius 2 is 1.60 bits per heavy atom. The molecule has 0 bridgehead atoms. The van der Waals surface area contributed by atoms with Crippen LogP contribution in [0, 0.1) is 0 Å². The third-order valence-corrected chi connectivity index (χ3v) is 2.83. The smallest absolute Gasteiger partial charge is 0.219 e. The molecular weight excluding hydrogens is 256 g/mol. The van der Waals surface area contributed by atoms with E-state index in [9.17, 15) is 0 Å². The van der Waals surface area contributed by atoms with Gasteiger partial charge in [-0.3, -0.25) is 0 Å². The van der Waals surface area contributed by atoms with Gasteiger partial charge in [-0.15, -0.1) is 0 Å². The summed E-state index contributed by atoms with van der Waals surface area (Å²) in [7, 11) is 3.18. The maximum Gasteiger partial charge on any atom is 0.219 e. The average Bonchev–Trinajstić information content (AvgIpc) is 2.47. The Morgan fingerprint density at radius 1 is 1.00 bits per heavy atom. The summed E-state index contributed by atoms with van der Waals surface area (Å²) in [4.78, 5) is 4.22. The Labute approximate surface area is 118 Å². The molecule has 1 atom stereocenters. The Morgan fingerprint density at radius 3 is 2.05 bits per heavy atom. The zero-order valence-electron chi connectivity index (χ0n) is 11.8. The van der Waals surface area contributed by atoms with Gasteiger partial charge >= 0.3 is 0 Å². The average molecular weight is 274 g/mol. The lowest BCUT2D eigenvalue weighted by atomic mass is 10.2. The highest BCUT2D eigenvalue weighted by atomic mass is 16.5. The molecule has 0 aliphatic heterocycles. The lowest BCUT2D eigenvalue weighted by molar-refractivity contribution is 0.385. The van der Waals surface area contributed by atoms with E-state index in [-0.39, 0.29) is 6.04 Å². The maximum atomic E-state index is 5.78. The Hall–Kier alpha value is -2.27. The van der Waals surface area contributed by atoms with Gasteiger partial charge in [-0.1, -0.05) is 6.07 Å². The molecule has 0 amide bonds. The molecule has 1 aromatic heterocycles. The van der Waals surface area contributed by atoms with Gasteiger partial charge in [0.05, 0.1) is 14.2 Å². The van der Waals surface area contributed by atoms with Gasteiger partial charge in [0.15, 0.2) is 0 Å². The zero-order chi connectivity index (χ0) is 14.5. The fraction of sp³-hybridized carbons (Fsp3) is 0.267. The first-order chi connectivity index (χ1) is 9.62. The summed E-state index contributed by atoms with van der Waals surface area (Å²) in [6, 6.07) is 8.94. The van der Waals surface area contributed by atoms with Crippen molar-refractivity contribution >= 4 is 0 Å². The lowest BCUT2D eigenvalue weighted by Crippen LogP contribution is -2.05. The van der Waals surface area contributed by atoms with Crippen molar-refractivity contribution in [3.63, 3.8) is 0 Å². The number of aromatic nitrogens is 1. The Bertz CT molecular complexity index is 546. The molecule has 20 heavy (non-hydrogen) atoms. The molecule has 2 rings (SSSR count). The maximum absolute atomic E-state index is 5.78. The van der Waals surface area contributed by atoms with Crippen molar-refractivity contribution in [2.75, 3.05) is 14.2 Å². The van der Waals surface area contributed by atoms with E-state index < -0.39 is 0 Å². The van der Waals surface area contributed by atoms with E-state index >= 15 is 0 Å². The van der Waals surface area contributed by atoms with E-state index in [1.165, 1.54) is 0 Å². The second-order valence-corrected chi connectivity index (χ2v) is 4.37. The van der Waals surface area contributed by atoms with Crippen LogP contribution in [0.2, 0.25) is 0 Å². The van der Waals surface area contributed by atoms with Crippen LogP contribution in [0.15, 0.2) is 36.5 Å². The van der Waals surface area contributed by atoms with Crippen LogP contribution in [0.4, 0.5) is 0 Å². The minimum atomic E-state index is -0.0477. The first-order valence-corrected chi connectivity index (χ1v) is 6.25. The molecule has 0 aliphatic rings. The highest BCUT2D eigenvalue weighted by Crippen LogP contribution is 2.30. The predicted molar refractivity (Wildman–Crippen MR) is 76.5 cm³/mol. The molecule has 1 unspecified atom stereocenters. The normalized spacial score (nSPS) is 11.8. The van der Waals surface area contributed by atoms with Gasteiger partial charge in [-0.05, 0) is 12.5 Å². The van der Waals surface area contributed by atoms with Crippen molar-refractivity contribution in [2.24, 2.45) is 5.73 Å². The van der Waals surface area contributed by atoms with Crippen molar-refractivity contribution in [3.8, 4) is 23.1 Å². The molecule has 2 N–H and O–H groups in total. The molecule has 0 spiro atoms. The first kappa shape index (κ1) is 14.1. The van der Waals surface area contributed by atoms with Crippen LogP contribution in [0.3, 0.4) is 0 Å². The van der Waals surface area contributed by atoms with Crippen molar-refractivity contribution in [2.45, 2.75) is 13.0 Å². The first-order valence-electron chi connectivity index (χ1n) is 6.25. The van der Waals surface area contributed by atoms with Gasteiger partial charge in [0, 0.05) is 36.5 Å². The zero-order valence-corrected chi connectivity index (χ0v) is 11.8. The molecule has 2 aromatic rings. The molecule has 0 saturated carbocycles. The van der Waals surface area contributed by atoms with Gasteiger partial charge in [-0.2, -0.15) is 0 Å². The number of hydrogen-bond donors (Lipinski definition) is 1. The molecule has 106 valence electrons. The summed E-state index contributed by atoms with van der Waals surface area (Å²) >= 11 is 0. The number of methoxy groups -OCH3 is 2. The van der Waals surface area contributed by atoms with Crippen LogP contribution in [0.5, 0.6) is 23.1 Å². The number of hydrogen-bond acceptors (Lipinski definition) is 5. The number of ether oxygens (including phenoxy) is 3. The van der Waals surface area contributed by atoms with Gasteiger partial charge in [0.1, 0.15) is 17.2 Å². The van der Waals surface area contributed by atoms with E-state index in [4.69, 9.17) is 19.9 Å². The Balaban J connectivity index is 2.20. The second kappa shape index (κ2) is 6.25. The summed E-state index contributed by atoms with van der Waals surface area (Å²) in [6.07, 6.45) is 1.71. The van der Waals surface area contributed by atoms with E-state index in [0.717, 1.165) is 5.56 Å². The van der Waals surface area contributed by atoms with E-state index in [2.05, 4.69) is 4.98 Å². The molecule has 1 aromatic carbocycles. The number of nitrogens with zero attached hydrogens (tertiary/aromatic N) is 1. The SMILES string of the molecule is COc1cc(OC)cc(Oc2ccc(C(C)N)cn2)c1. The van der Waals surface area contributed by atoms with Crippen LogP contribution in [-0.2, 0) is 0 Å². The number of pyridine rings is 1. The third-order valence-electron chi connectivity index (χ3n) is 2.83. The fourth-order valence-electron chi connectivity index (χ4n) is 1.68. The molecule has 0 radical (unpaired) electrons. The lowest BCUT2D eigenvalue weighted by Gasteiger charge is -2.10. The summed E-state index contributed by atoms with van der Waals surface area (Å²) in [5.74, 6) is 2.41. The number of benzene rings is 1. The highest BCUT2D eigenvalue weighted by Gasteiger charge is 2.06. The largest absolute Gasteiger partial charge is 0.496 e. The molecular formula is C15H18N2O3. The third kappa shape index (κ3) is 3.39. The van der Waals surface area contributed by atoms with Crippen molar-refractivity contribution in [3.05, 3.63) is 42.1 Å². The van der Waals surface area contributed by atoms with Crippen LogP contribution in [-0.4, -0.2) is 19.2 Å². The minimum Gasteiger partial charge on any atom is -0.496 e. The molecule has 0 aliphatic carbocycles. The van der Waals surface area contributed by atoms with Gasteiger partial charge in [-0.25, -0.2) is 4.98 Å². The van der Waals surface area contributed by atoms with E-state index in [0.29, 0.717) is 23.1 Å². The van der Waals surface area contributed by atoms with Crippen LogP contribution < -0.4 is 19.9 Å². The van der Waals surface area contributed by atoms with Gasteiger partial charge in [0.2, 0.25) is 5.88 Å². The molecule has 5 heteroatoms. The summed E-state index contributed by atoms with van der Waals surface area (Å²) < 4.78 is 16.1. The van der Waals surface area contributed by atoms with Crippen molar-refractivity contribution in [1.29, 1.82) is 0 Å². The second-order valence-electron chi connectivity index (χ2n) is 4.37. The topological polar surface area (TPSA) is 66.6 Å².